The first-order valence-corrected chi connectivity index (χ1v) is 5.80. The SMILES string of the molecule is CC(=O)OC[C@H](C)n1c(=O)[nH]c2cc(C#N)ccc21. The molecule has 0 spiro atoms. The predicted octanol–water partition coefficient (Wildman–Crippen LogP) is 1.33. The molecule has 2 rings (SSSR count). The van der Waals surface area contributed by atoms with Crippen molar-refractivity contribution < 1.29 is 9.53 Å². The van der Waals surface area contributed by atoms with E-state index in [4.69, 9.17) is 10.00 Å². The number of esters is 1. The minimum Gasteiger partial charge on any atom is -0.464 e. The van der Waals surface area contributed by atoms with Crippen molar-refractivity contribution in [2.24, 2.45) is 0 Å². The van der Waals surface area contributed by atoms with Crippen LogP contribution >= 0.6 is 0 Å². The highest BCUT2D eigenvalue weighted by Crippen LogP contribution is 2.16. The highest BCUT2D eigenvalue weighted by Gasteiger charge is 2.14. The number of aromatic nitrogens is 2. The highest BCUT2D eigenvalue weighted by molar-refractivity contribution is 5.77. The van der Waals surface area contributed by atoms with Gasteiger partial charge in [-0.15, -0.1) is 0 Å². The van der Waals surface area contributed by atoms with Crippen LogP contribution in [0.25, 0.3) is 11.0 Å². The molecular weight excluding hydrogens is 246 g/mol. The van der Waals surface area contributed by atoms with Gasteiger partial charge in [-0.1, -0.05) is 0 Å². The predicted molar refractivity (Wildman–Crippen MR) is 68.6 cm³/mol. The van der Waals surface area contributed by atoms with Gasteiger partial charge in [0, 0.05) is 6.92 Å². The van der Waals surface area contributed by atoms with E-state index in [1.54, 1.807) is 25.1 Å². The molecule has 19 heavy (non-hydrogen) atoms. The zero-order chi connectivity index (χ0) is 14.0. The molecule has 0 saturated carbocycles. The number of ether oxygens (including phenoxy) is 1. The molecule has 1 aromatic carbocycles. The second kappa shape index (κ2) is 4.98. The molecule has 0 saturated heterocycles. The fraction of sp³-hybridized carbons (Fsp3) is 0.308. The Balaban J connectivity index is 2.43. The van der Waals surface area contributed by atoms with Crippen LogP contribution in [-0.2, 0) is 9.53 Å². The standard InChI is InChI=1S/C13H13N3O3/c1-8(7-19-9(2)17)16-12-4-3-10(6-14)5-11(12)15-13(16)18/h3-5,8H,7H2,1-2H3,(H,15,18)/t8-/m0/s1. The fourth-order valence-corrected chi connectivity index (χ4v) is 1.95. The van der Waals surface area contributed by atoms with Crippen LogP contribution in [0, 0.1) is 11.3 Å². The molecule has 0 radical (unpaired) electrons. The molecule has 1 aromatic heterocycles. The monoisotopic (exact) mass is 259 g/mol. The van der Waals surface area contributed by atoms with Crippen LogP contribution in [0.2, 0.25) is 0 Å². The van der Waals surface area contributed by atoms with E-state index in [0.717, 1.165) is 0 Å². The number of nitriles is 1. The van der Waals surface area contributed by atoms with Crippen molar-refractivity contribution in [3.8, 4) is 6.07 Å². The Kier molecular flexibility index (Phi) is 3.38. The third-order valence-electron chi connectivity index (χ3n) is 2.81. The highest BCUT2D eigenvalue weighted by atomic mass is 16.5. The summed E-state index contributed by atoms with van der Waals surface area (Å²) >= 11 is 0. The van der Waals surface area contributed by atoms with Crippen molar-refractivity contribution in [2.45, 2.75) is 19.9 Å². The van der Waals surface area contributed by atoms with Crippen molar-refractivity contribution >= 4 is 17.0 Å². The second-order valence-electron chi connectivity index (χ2n) is 4.30. The average Bonchev–Trinajstić information content (AvgIpc) is 2.70. The summed E-state index contributed by atoms with van der Waals surface area (Å²) in [6, 6.07) is 6.70. The van der Waals surface area contributed by atoms with E-state index < -0.39 is 0 Å². The first-order valence-electron chi connectivity index (χ1n) is 5.80. The normalized spacial score (nSPS) is 12.1. The van der Waals surface area contributed by atoms with Gasteiger partial charge >= 0.3 is 11.7 Å². The molecule has 6 heteroatoms. The molecule has 1 heterocycles. The number of aromatic amines is 1. The van der Waals surface area contributed by atoms with Crippen molar-refractivity contribution in [3.63, 3.8) is 0 Å². The Morgan fingerprint density at radius 2 is 2.32 bits per heavy atom. The van der Waals surface area contributed by atoms with Gasteiger partial charge in [0.05, 0.1) is 28.7 Å². The van der Waals surface area contributed by atoms with E-state index in [1.807, 2.05) is 6.07 Å². The van der Waals surface area contributed by atoms with Crippen LogP contribution < -0.4 is 5.69 Å². The molecule has 0 bridgehead atoms. The molecule has 98 valence electrons. The van der Waals surface area contributed by atoms with E-state index in [2.05, 4.69) is 4.98 Å². The Labute approximate surface area is 109 Å². The Bertz CT molecular complexity index is 721. The third kappa shape index (κ3) is 2.50. The van der Waals surface area contributed by atoms with Crippen LogP contribution in [0.3, 0.4) is 0 Å². The van der Waals surface area contributed by atoms with Gasteiger partial charge in [-0.2, -0.15) is 5.26 Å². The minimum absolute atomic E-state index is 0.127. The lowest BCUT2D eigenvalue weighted by atomic mass is 10.2. The number of carbonyl (C=O) groups is 1. The number of hydrogen-bond acceptors (Lipinski definition) is 4. The summed E-state index contributed by atoms with van der Waals surface area (Å²) in [5, 5.41) is 8.82. The zero-order valence-corrected chi connectivity index (χ0v) is 10.6. The van der Waals surface area contributed by atoms with Gasteiger partial charge in [0.15, 0.2) is 0 Å². The largest absolute Gasteiger partial charge is 0.464 e. The molecule has 1 N–H and O–H groups in total. The average molecular weight is 259 g/mol. The summed E-state index contributed by atoms with van der Waals surface area (Å²) in [5.74, 6) is -0.383. The summed E-state index contributed by atoms with van der Waals surface area (Å²) in [6.07, 6.45) is 0. The van der Waals surface area contributed by atoms with E-state index >= 15 is 0 Å². The Hall–Kier alpha value is -2.55. The van der Waals surface area contributed by atoms with Crippen molar-refractivity contribution in [1.82, 2.24) is 9.55 Å². The fourth-order valence-electron chi connectivity index (χ4n) is 1.95. The van der Waals surface area contributed by atoms with E-state index in [1.165, 1.54) is 11.5 Å². The summed E-state index contributed by atoms with van der Waals surface area (Å²) < 4.78 is 6.42. The number of benzene rings is 1. The van der Waals surface area contributed by atoms with E-state index in [-0.39, 0.29) is 24.3 Å². The number of imidazole rings is 1. The number of hydrogen-bond donors (Lipinski definition) is 1. The van der Waals surface area contributed by atoms with Crippen molar-refractivity contribution in [2.75, 3.05) is 6.61 Å². The lowest BCUT2D eigenvalue weighted by Crippen LogP contribution is -2.24. The van der Waals surface area contributed by atoms with Crippen LogP contribution in [0.4, 0.5) is 0 Å². The quantitative estimate of drug-likeness (QED) is 0.842. The maximum absolute atomic E-state index is 11.9. The van der Waals surface area contributed by atoms with Gasteiger partial charge in [-0.25, -0.2) is 4.79 Å². The maximum Gasteiger partial charge on any atom is 0.326 e. The van der Waals surface area contributed by atoms with Crippen LogP contribution in [0.5, 0.6) is 0 Å². The first-order chi connectivity index (χ1) is 9.02. The number of rotatable bonds is 3. The van der Waals surface area contributed by atoms with Gasteiger partial charge < -0.3 is 9.72 Å². The number of nitrogens with zero attached hydrogens (tertiary/aromatic N) is 2. The molecule has 0 unspecified atom stereocenters. The second-order valence-corrected chi connectivity index (χ2v) is 4.30. The van der Waals surface area contributed by atoms with Gasteiger partial charge in [-0.05, 0) is 25.1 Å². The van der Waals surface area contributed by atoms with Crippen LogP contribution in [0.1, 0.15) is 25.5 Å². The summed E-state index contributed by atoms with van der Waals surface area (Å²) in [7, 11) is 0. The minimum atomic E-state index is -0.383. The Morgan fingerprint density at radius 3 is 2.95 bits per heavy atom. The smallest absolute Gasteiger partial charge is 0.326 e. The van der Waals surface area contributed by atoms with Crippen LogP contribution in [0.15, 0.2) is 23.0 Å². The van der Waals surface area contributed by atoms with Gasteiger partial charge in [-0.3, -0.25) is 9.36 Å². The zero-order valence-electron chi connectivity index (χ0n) is 10.6. The molecule has 0 amide bonds. The molecular formula is C13H13N3O3. The molecule has 2 aromatic rings. The number of carbonyl (C=O) groups excluding carboxylic acids is 1. The first kappa shape index (κ1) is 12.9. The third-order valence-corrected chi connectivity index (χ3v) is 2.81. The summed E-state index contributed by atoms with van der Waals surface area (Å²) in [4.78, 5) is 25.4. The maximum atomic E-state index is 11.9. The van der Waals surface area contributed by atoms with Gasteiger partial charge in [0.2, 0.25) is 0 Å². The number of H-pyrrole nitrogens is 1. The van der Waals surface area contributed by atoms with Crippen molar-refractivity contribution in [1.29, 1.82) is 5.26 Å². The molecule has 0 aliphatic heterocycles. The Morgan fingerprint density at radius 1 is 1.58 bits per heavy atom. The topological polar surface area (TPSA) is 87.9 Å². The molecule has 0 fully saturated rings. The molecule has 1 atom stereocenters. The van der Waals surface area contributed by atoms with Gasteiger partial charge in [0.1, 0.15) is 6.61 Å². The summed E-state index contributed by atoms with van der Waals surface area (Å²) in [5.41, 5.74) is 1.47. The van der Waals surface area contributed by atoms with Crippen LogP contribution in [-0.4, -0.2) is 22.1 Å². The van der Waals surface area contributed by atoms with Gasteiger partial charge in [0.25, 0.3) is 0 Å². The molecule has 0 aliphatic rings. The van der Waals surface area contributed by atoms with E-state index in [9.17, 15) is 9.59 Å². The molecule has 0 aliphatic carbocycles. The lowest BCUT2D eigenvalue weighted by molar-refractivity contribution is -0.141. The number of fused-ring (bicyclic) bond motifs is 1. The molecule has 6 nitrogen and oxygen atoms in total. The lowest BCUT2D eigenvalue weighted by Gasteiger charge is -2.13. The van der Waals surface area contributed by atoms with E-state index in [0.29, 0.717) is 16.6 Å². The number of nitrogens with one attached hydrogen (secondary N) is 1. The van der Waals surface area contributed by atoms with Crippen molar-refractivity contribution in [3.05, 3.63) is 34.2 Å². The summed E-state index contributed by atoms with van der Waals surface area (Å²) in [6.45, 7) is 3.24.